The van der Waals surface area contributed by atoms with E-state index >= 15 is 0 Å². The largest absolute Gasteiger partial charge is 0.487 e. The lowest BCUT2D eigenvalue weighted by Gasteiger charge is -2.22. The van der Waals surface area contributed by atoms with E-state index < -0.39 is 0 Å². The molecule has 2 heterocycles. The van der Waals surface area contributed by atoms with Crippen LogP contribution in [-0.4, -0.2) is 17.9 Å². The van der Waals surface area contributed by atoms with Crippen molar-refractivity contribution < 1.29 is 4.74 Å². The Morgan fingerprint density at radius 1 is 1.08 bits per heavy atom. The molecule has 1 aromatic heterocycles. The molecule has 3 N–H and O–H groups in total. The molecule has 7 nitrogen and oxygen atoms in total. The molecule has 3 aromatic rings. The number of benzene rings is 2. The third kappa shape index (κ3) is 9.82. The lowest BCUT2D eigenvalue weighted by atomic mass is 10.1. The van der Waals surface area contributed by atoms with Crippen molar-refractivity contribution in [2.75, 3.05) is 11.4 Å². The number of rotatable bonds is 9. The smallest absolute Gasteiger partial charge is 0.130 e. The van der Waals surface area contributed by atoms with E-state index in [1.54, 1.807) is 0 Å². The van der Waals surface area contributed by atoms with Gasteiger partial charge in [-0.1, -0.05) is 75.4 Å². The Morgan fingerprint density at radius 3 is 2.54 bits per heavy atom. The van der Waals surface area contributed by atoms with Crippen LogP contribution in [0.4, 0.5) is 5.69 Å². The minimum absolute atomic E-state index is 0.431. The van der Waals surface area contributed by atoms with Crippen LogP contribution in [-0.2, 0) is 6.61 Å². The minimum Gasteiger partial charge on any atom is -0.487 e. The summed E-state index contributed by atoms with van der Waals surface area (Å²) in [7, 11) is 0. The van der Waals surface area contributed by atoms with Crippen molar-refractivity contribution in [1.82, 2.24) is 21.5 Å². The molecular formula is C30H40N6O. The number of pyridine rings is 1. The van der Waals surface area contributed by atoms with Gasteiger partial charge in [0.05, 0.1) is 11.2 Å². The van der Waals surface area contributed by atoms with Gasteiger partial charge >= 0.3 is 0 Å². The van der Waals surface area contributed by atoms with Gasteiger partial charge in [-0.05, 0) is 56.3 Å². The third-order valence-corrected chi connectivity index (χ3v) is 5.45. The molecule has 7 heteroatoms. The molecule has 1 aliphatic rings. The molecule has 0 saturated carbocycles. The SMILES string of the molecule is C1=NNNN1.C=CN(CC(/C=C(/C)CC)=C/C)c1cccc(OCc2ccc3ccccc3n2)c1.CC. The summed E-state index contributed by atoms with van der Waals surface area (Å²) in [5.41, 5.74) is 13.1. The van der Waals surface area contributed by atoms with E-state index in [1.807, 2.05) is 62.5 Å². The zero-order chi connectivity index (χ0) is 26.9. The number of nitrogens with zero attached hydrogens (tertiary/aromatic N) is 3. The average Bonchev–Trinajstić information content (AvgIpc) is 3.55. The van der Waals surface area contributed by atoms with Crippen molar-refractivity contribution in [3.63, 3.8) is 0 Å². The van der Waals surface area contributed by atoms with E-state index in [-0.39, 0.29) is 0 Å². The first-order valence-corrected chi connectivity index (χ1v) is 12.7. The van der Waals surface area contributed by atoms with E-state index in [9.17, 15) is 0 Å². The summed E-state index contributed by atoms with van der Waals surface area (Å²) < 4.78 is 6.04. The summed E-state index contributed by atoms with van der Waals surface area (Å²) in [4.78, 5) is 6.82. The van der Waals surface area contributed by atoms with Crippen LogP contribution in [0, 0.1) is 0 Å². The van der Waals surface area contributed by atoms with Crippen molar-refractivity contribution in [3.8, 4) is 5.75 Å². The van der Waals surface area contributed by atoms with Gasteiger partial charge in [0.2, 0.25) is 0 Å². The number of fused-ring (bicyclic) bond motifs is 1. The quantitative estimate of drug-likeness (QED) is 0.286. The Hall–Kier alpha value is -4.10. The highest BCUT2D eigenvalue weighted by Gasteiger charge is 2.07. The van der Waals surface area contributed by atoms with Crippen LogP contribution >= 0.6 is 0 Å². The van der Waals surface area contributed by atoms with Gasteiger partial charge in [-0.3, -0.25) is 5.43 Å². The lowest BCUT2D eigenvalue weighted by molar-refractivity contribution is 0.302. The van der Waals surface area contributed by atoms with Crippen molar-refractivity contribution in [2.45, 2.75) is 47.6 Å². The Kier molecular flexibility index (Phi) is 13.0. The van der Waals surface area contributed by atoms with Crippen molar-refractivity contribution in [3.05, 3.63) is 102 Å². The van der Waals surface area contributed by atoms with E-state index in [0.29, 0.717) is 6.61 Å². The van der Waals surface area contributed by atoms with Crippen LogP contribution in [0.2, 0.25) is 0 Å². The molecule has 2 aromatic carbocycles. The second kappa shape index (κ2) is 16.5. The van der Waals surface area contributed by atoms with Gasteiger partial charge < -0.3 is 9.64 Å². The number of anilines is 1. The predicted octanol–water partition coefficient (Wildman–Crippen LogP) is 6.63. The Labute approximate surface area is 221 Å². The van der Waals surface area contributed by atoms with Crippen LogP contribution < -0.4 is 26.1 Å². The zero-order valence-corrected chi connectivity index (χ0v) is 22.7. The maximum Gasteiger partial charge on any atom is 0.130 e. The van der Waals surface area contributed by atoms with Crippen molar-refractivity contribution >= 4 is 22.9 Å². The Balaban J connectivity index is 0.000000602. The van der Waals surface area contributed by atoms with Gasteiger partial charge in [-0.25, -0.2) is 10.5 Å². The highest BCUT2D eigenvalue weighted by atomic mass is 16.5. The van der Waals surface area contributed by atoms with Crippen LogP contribution in [0.1, 0.15) is 46.7 Å². The summed E-state index contributed by atoms with van der Waals surface area (Å²) in [6, 6.07) is 20.3. The molecular weight excluding hydrogens is 460 g/mol. The van der Waals surface area contributed by atoms with Crippen LogP contribution in [0.5, 0.6) is 5.75 Å². The molecule has 0 radical (unpaired) electrons. The van der Waals surface area contributed by atoms with Crippen LogP contribution in [0.25, 0.3) is 10.9 Å². The summed E-state index contributed by atoms with van der Waals surface area (Å²) in [5, 5.41) is 4.62. The van der Waals surface area contributed by atoms with Crippen molar-refractivity contribution in [2.24, 2.45) is 5.10 Å². The number of hydrogen-bond donors (Lipinski definition) is 3. The van der Waals surface area contributed by atoms with Gasteiger partial charge in [-0.15, -0.1) is 5.53 Å². The molecule has 0 atom stereocenters. The molecule has 196 valence electrons. The summed E-state index contributed by atoms with van der Waals surface area (Å²) in [5.74, 6) is 0.816. The fourth-order valence-corrected chi connectivity index (χ4v) is 3.36. The number of allylic oxidation sites excluding steroid dienone is 2. The van der Waals surface area contributed by atoms with Gasteiger partial charge in [-0.2, -0.15) is 5.10 Å². The van der Waals surface area contributed by atoms with E-state index in [4.69, 9.17) is 4.74 Å². The first kappa shape index (κ1) is 29.1. The zero-order valence-electron chi connectivity index (χ0n) is 22.7. The number of hydrazone groups is 1. The van der Waals surface area contributed by atoms with Crippen LogP contribution in [0.3, 0.4) is 0 Å². The Bertz CT molecular complexity index is 1200. The highest BCUT2D eigenvalue weighted by Crippen LogP contribution is 2.24. The molecule has 0 spiro atoms. The Morgan fingerprint density at radius 2 is 1.89 bits per heavy atom. The van der Waals surface area contributed by atoms with Gasteiger partial charge in [0.1, 0.15) is 18.7 Å². The second-order valence-corrected chi connectivity index (χ2v) is 7.94. The average molecular weight is 501 g/mol. The van der Waals surface area contributed by atoms with Crippen LogP contribution in [0.15, 0.2) is 102 Å². The van der Waals surface area contributed by atoms with E-state index in [0.717, 1.165) is 41.0 Å². The summed E-state index contributed by atoms with van der Waals surface area (Å²) in [6.07, 6.45) is 8.84. The number of hydrogen-bond acceptors (Lipinski definition) is 7. The third-order valence-electron chi connectivity index (χ3n) is 5.45. The van der Waals surface area contributed by atoms with Gasteiger partial charge in [0, 0.05) is 23.7 Å². The normalized spacial score (nSPS) is 12.4. The molecule has 0 unspecified atom stereocenters. The summed E-state index contributed by atoms with van der Waals surface area (Å²) in [6.45, 7) is 15.6. The predicted molar refractivity (Wildman–Crippen MR) is 157 cm³/mol. The van der Waals surface area contributed by atoms with Gasteiger partial charge in [0.25, 0.3) is 0 Å². The molecule has 4 rings (SSSR count). The maximum absolute atomic E-state index is 6.04. The number of hydrazine groups is 2. The van der Waals surface area contributed by atoms with Gasteiger partial charge in [0.15, 0.2) is 0 Å². The topological polar surface area (TPSA) is 73.8 Å². The first-order chi connectivity index (χ1) is 18.1. The molecule has 1 aliphatic heterocycles. The first-order valence-electron chi connectivity index (χ1n) is 12.7. The molecule has 0 fully saturated rings. The highest BCUT2D eigenvalue weighted by molar-refractivity contribution is 5.78. The van der Waals surface area contributed by atoms with E-state index in [1.165, 1.54) is 17.5 Å². The molecule has 37 heavy (non-hydrogen) atoms. The number of nitrogens with one attached hydrogen (secondary N) is 3. The second-order valence-electron chi connectivity index (χ2n) is 7.94. The fraction of sp³-hybridized carbons (Fsp3) is 0.267. The monoisotopic (exact) mass is 500 g/mol. The lowest BCUT2D eigenvalue weighted by Crippen LogP contribution is -2.31. The fourth-order valence-electron chi connectivity index (χ4n) is 3.36. The number of aromatic nitrogens is 1. The molecule has 0 amide bonds. The molecule has 0 bridgehead atoms. The minimum atomic E-state index is 0.431. The number of para-hydroxylation sites is 1. The number of ether oxygens (including phenoxy) is 1. The molecule has 0 saturated heterocycles. The maximum atomic E-state index is 6.04. The summed E-state index contributed by atoms with van der Waals surface area (Å²) >= 11 is 0. The van der Waals surface area contributed by atoms with E-state index in [2.05, 4.69) is 89.2 Å². The van der Waals surface area contributed by atoms with Crippen molar-refractivity contribution in [1.29, 1.82) is 0 Å². The molecule has 0 aliphatic carbocycles. The standard InChI is InChI=1S/C27H30N2O.C2H6.CH4N4/c1-5-21(4)17-22(6-2)19-29(7-3)25-12-10-13-26(18-25)30-20-24-16-15-23-11-8-9-14-27(23)28-24;1-2;1-2-4-5-3-1/h6-18H,3,5,19-20H2,1-2,4H3;1-2H3;1,4-5H,(H,2,3)/b21-17-,22-6+;;.